The SMILES string of the molecule is CCOC(=O)c1ccc(NC(=O)C[C@H]2C(=O)N(c3ccc(F)cc3)C(=O)N2C2CCCCC2)cc1. The molecule has 1 atom stereocenters. The zero-order valence-electron chi connectivity index (χ0n) is 19.5. The van der Waals surface area contributed by atoms with Gasteiger partial charge >= 0.3 is 12.0 Å². The number of hydrogen-bond acceptors (Lipinski definition) is 5. The molecule has 1 saturated carbocycles. The van der Waals surface area contributed by atoms with Gasteiger partial charge in [0.15, 0.2) is 0 Å². The summed E-state index contributed by atoms with van der Waals surface area (Å²) in [6.07, 6.45) is 4.29. The van der Waals surface area contributed by atoms with E-state index in [0.29, 0.717) is 11.3 Å². The molecule has 2 aromatic carbocycles. The molecular formula is C26H28FN3O5. The van der Waals surface area contributed by atoms with Crippen molar-refractivity contribution in [3.05, 3.63) is 59.9 Å². The van der Waals surface area contributed by atoms with Crippen molar-refractivity contribution >= 4 is 35.2 Å². The fraction of sp³-hybridized carbons (Fsp3) is 0.385. The number of anilines is 2. The molecule has 0 radical (unpaired) electrons. The Bertz CT molecular complexity index is 1100. The predicted octanol–water partition coefficient (Wildman–Crippen LogP) is 4.50. The molecule has 4 amide bonds. The van der Waals surface area contributed by atoms with Crippen molar-refractivity contribution in [2.75, 3.05) is 16.8 Å². The van der Waals surface area contributed by atoms with Crippen LogP contribution in [0.2, 0.25) is 0 Å². The fourth-order valence-electron chi connectivity index (χ4n) is 4.69. The highest BCUT2D eigenvalue weighted by Crippen LogP contribution is 2.33. The summed E-state index contributed by atoms with van der Waals surface area (Å²) < 4.78 is 18.4. The van der Waals surface area contributed by atoms with E-state index in [1.54, 1.807) is 31.2 Å². The number of amides is 4. The van der Waals surface area contributed by atoms with Crippen molar-refractivity contribution in [1.29, 1.82) is 0 Å². The van der Waals surface area contributed by atoms with Gasteiger partial charge in [-0.15, -0.1) is 0 Å². The highest BCUT2D eigenvalue weighted by atomic mass is 19.1. The van der Waals surface area contributed by atoms with Gasteiger partial charge in [-0.2, -0.15) is 0 Å². The Balaban J connectivity index is 1.51. The Hall–Kier alpha value is -3.75. The number of urea groups is 1. The van der Waals surface area contributed by atoms with E-state index in [2.05, 4.69) is 5.32 Å². The summed E-state index contributed by atoms with van der Waals surface area (Å²) in [5.74, 6) is -1.85. The van der Waals surface area contributed by atoms with E-state index in [4.69, 9.17) is 4.74 Å². The minimum Gasteiger partial charge on any atom is -0.462 e. The van der Waals surface area contributed by atoms with E-state index in [-0.39, 0.29) is 24.8 Å². The second kappa shape index (κ2) is 10.7. The van der Waals surface area contributed by atoms with Crippen molar-refractivity contribution in [3.63, 3.8) is 0 Å². The lowest BCUT2D eigenvalue weighted by molar-refractivity contribution is -0.125. The Morgan fingerprint density at radius 1 is 1.00 bits per heavy atom. The number of carbonyl (C=O) groups excluding carboxylic acids is 4. The first-order chi connectivity index (χ1) is 16.9. The molecular weight excluding hydrogens is 453 g/mol. The lowest BCUT2D eigenvalue weighted by atomic mass is 9.93. The molecule has 35 heavy (non-hydrogen) atoms. The first-order valence-corrected chi connectivity index (χ1v) is 11.9. The Labute approximate surface area is 203 Å². The number of ether oxygens (including phenoxy) is 1. The van der Waals surface area contributed by atoms with Crippen LogP contribution in [0.5, 0.6) is 0 Å². The largest absolute Gasteiger partial charge is 0.462 e. The number of halogens is 1. The number of nitrogens with zero attached hydrogens (tertiary/aromatic N) is 2. The molecule has 0 bridgehead atoms. The van der Waals surface area contributed by atoms with Crippen molar-refractivity contribution in [1.82, 2.24) is 4.90 Å². The molecule has 4 rings (SSSR count). The number of imide groups is 1. The number of hydrogen-bond donors (Lipinski definition) is 1. The minimum absolute atomic E-state index is 0.132. The van der Waals surface area contributed by atoms with Crippen LogP contribution in [0.15, 0.2) is 48.5 Å². The van der Waals surface area contributed by atoms with Crippen LogP contribution in [0.25, 0.3) is 0 Å². The topological polar surface area (TPSA) is 96.0 Å². The van der Waals surface area contributed by atoms with E-state index < -0.39 is 35.7 Å². The molecule has 2 aromatic rings. The van der Waals surface area contributed by atoms with Gasteiger partial charge in [0.05, 0.1) is 24.3 Å². The summed E-state index contributed by atoms with van der Waals surface area (Å²) in [4.78, 5) is 54.0. The van der Waals surface area contributed by atoms with Gasteiger partial charge < -0.3 is 15.0 Å². The van der Waals surface area contributed by atoms with E-state index in [1.165, 1.54) is 29.2 Å². The van der Waals surface area contributed by atoms with Gasteiger partial charge in [0, 0.05) is 11.7 Å². The fourth-order valence-corrected chi connectivity index (χ4v) is 4.69. The van der Waals surface area contributed by atoms with Gasteiger partial charge in [-0.3, -0.25) is 9.59 Å². The zero-order chi connectivity index (χ0) is 24.9. The average molecular weight is 482 g/mol. The third kappa shape index (κ3) is 5.34. The third-order valence-corrected chi connectivity index (χ3v) is 6.36. The number of carbonyl (C=O) groups is 4. The molecule has 184 valence electrons. The lowest BCUT2D eigenvalue weighted by Gasteiger charge is -2.33. The molecule has 1 N–H and O–H groups in total. The maximum Gasteiger partial charge on any atom is 0.338 e. The van der Waals surface area contributed by atoms with Crippen molar-refractivity contribution in [3.8, 4) is 0 Å². The van der Waals surface area contributed by atoms with E-state index >= 15 is 0 Å². The van der Waals surface area contributed by atoms with E-state index in [0.717, 1.165) is 37.0 Å². The summed E-state index contributed by atoms with van der Waals surface area (Å²) in [6, 6.07) is 9.85. The maximum atomic E-state index is 13.4. The number of benzene rings is 2. The van der Waals surface area contributed by atoms with Gasteiger partial charge in [0.2, 0.25) is 5.91 Å². The molecule has 0 unspecified atom stereocenters. The summed E-state index contributed by atoms with van der Waals surface area (Å²) >= 11 is 0. The van der Waals surface area contributed by atoms with Gasteiger partial charge in [-0.05, 0) is 68.3 Å². The summed E-state index contributed by atoms with van der Waals surface area (Å²) in [7, 11) is 0. The number of nitrogens with one attached hydrogen (secondary N) is 1. The maximum absolute atomic E-state index is 13.4. The summed E-state index contributed by atoms with van der Waals surface area (Å²) in [5, 5.41) is 2.74. The van der Waals surface area contributed by atoms with Crippen LogP contribution in [0, 0.1) is 5.82 Å². The second-order valence-electron chi connectivity index (χ2n) is 8.70. The Kier molecular flexibility index (Phi) is 7.43. The van der Waals surface area contributed by atoms with Crippen LogP contribution < -0.4 is 10.2 Å². The Morgan fingerprint density at radius 2 is 1.66 bits per heavy atom. The predicted molar refractivity (Wildman–Crippen MR) is 127 cm³/mol. The summed E-state index contributed by atoms with van der Waals surface area (Å²) in [5.41, 5.74) is 1.10. The monoisotopic (exact) mass is 481 g/mol. The first kappa shape index (κ1) is 24.4. The minimum atomic E-state index is -0.950. The van der Waals surface area contributed by atoms with E-state index in [9.17, 15) is 23.6 Å². The molecule has 1 saturated heterocycles. The van der Waals surface area contributed by atoms with Crippen molar-refractivity contribution < 1.29 is 28.3 Å². The van der Waals surface area contributed by atoms with Crippen molar-refractivity contribution in [2.45, 2.75) is 57.5 Å². The number of esters is 1. The van der Waals surface area contributed by atoms with Gasteiger partial charge in [-0.25, -0.2) is 18.9 Å². The molecule has 8 nitrogen and oxygen atoms in total. The molecule has 2 aliphatic rings. The van der Waals surface area contributed by atoms with Crippen LogP contribution >= 0.6 is 0 Å². The summed E-state index contributed by atoms with van der Waals surface area (Å²) in [6.45, 7) is 1.98. The number of rotatable bonds is 7. The molecule has 2 fully saturated rings. The molecule has 0 aromatic heterocycles. The molecule has 9 heteroatoms. The van der Waals surface area contributed by atoms with Crippen LogP contribution in [0.3, 0.4) is 0 Å². The van der Waals surface area contributed by atoms with Crippen LogP contribution in [0.4, 0.5) is 20.6 Å². The standard InChI is InChI=1S/C26H28FN3O5/c1-2-35-25(33)17-8-12-19(13-9-17)28-23(31)16-22-24(32)30(21-14-10-18(27)11-15-21)26(34)29(22)20-6-4-3-5-7-20/h8-15,20,22H,2-7,16H2,1H3,(H,28,31)/t22-/m0/s1. The van der Waals surface area contributed by atoms with Gasteiger partial charge in [0.25, 0.3) is 5.91 Å². The lowest BCUT2D eigenvalue weighted by Crippen LogP contribution is -2.45. The van der Waals surface area contributed by atoms with Crippen molar-refractivity contribution in [2.24, 2.45) is 0 Å². The second-order valence-corrected chi connectivity index (χ2v) is 8.70. The molecule has 0 spiro atoms. The smallest absolute Gasteiger partial charge is 0.338 e. The molecule has 1 aliphatic heterocycles. The van der Waals surface area contributed by atoms with Gasteiger partial charge in [-0.1, -0.05) is 19.3 Å². The highest BCUT2D eigenvalue weighted by Gasteiger charge is 2.49. The molecule has 1 aliphatic carbocycles. The Morgan fingerprint density at radius 3 is 2.29 bits per heavy atom. The quantitative estimate of drug-likeness (QED) is 0.464. The van der Waals surface area contributed by atoms with Crippen LogP contribution in [-0.4, -0.2) is 47.4 Å². The molecule has 1 heterocycles. The normalized spacial score (nSPS) is 18.6. The first-order valence-electron chi connectivity index (χ1n) is 11.9. The van der Waals surface area contributed by atoms with Crippen LogP contribution in [-0.2, 0) is 14.3 Å². The van der Waals surface area contributed by atoms with Crippen LogP contribution in [0.1, 0.15) is 55.8 Å². The van der Waals surface area contributed by atoms with E-state index in [1.807, 2.05) is 0 Å². The third-order valence-electron chi connectivity index (χ3n) is 6.36. The zero-order valence-corrected chi connectivity index (χ0v) is 19.5. The van der Waals surface area contributed by atoms with Gasteiger partial charge in [0.1, 0.15) is 11.9 Å². The highest BCUT2D eigenvalue weighted by molar-refractivity contribution is 6.22. The average Bonchev–Trinajstić information content (AvgIpc) is 3.10.